The molecular formula is C27H27N5O2. The minimum Gasteiger partial charge on any atom is -0.340 e. The second-order valence-corrected chi connectivity index (χ2v) is 7.92. The third kappa shape index (κ3) is 5.89. The lowest BCUT2D eigenvalue weighted by atomic mass is 10.1. The molecule has 7 heteroatoms. The second kappa shape index (κ2) is 11.0. The van der Waals surface area contributed by atoms with Gasteiger partial charge in [-0.25, -0.2) is 9.48 Å². The van der Waals surface area contributed by atoms with Gasteiger partial charge in [0.15, 0.2) is 0 Å². The van der Waals surface area contributed by atoms with E-state index in [1.54, 1.807) is 11.9 Å². The number of benzene rings is 3. The first kappa shape index (κ1) is 22.8. The molecule has 0 aliphatic carbocycles. The molecule has 4 aromatic rings. The Morgan fingerprint density at radius 1 is 0.853 bits per heavy atom. The summed E-state index contributed by atoms with van der Waals surface area (Å²) in [6, 6.07) is 29.0. The normalized spacial score (nSPS) is 10.5. The molecule has 172 valence electrons. The first-order valence-corrected chi connectivity index (χ1v) is 11.1. The van der Waals surface area contributed by atoms with E-state index in [-0.39, 0.29) is 18.5 Å². The number of amides is 3. The largest absolute Gasteiger partial charge is 0.340 e. The van der Waals surface area contributed by atoms with Crippen molar-refractivity contribution in [2.45, 2.75) is 13.1 Å². The summed E-state index contributed by atoms with van der Waals surface area (Å²) in [5.74, 6) is -0.193. The molecule has 0 atom stereocenters. The first-order chi connectivity index (χ1) is 16.6. The number of rotatable bonds is 8. The third-order valence-electron chi connectivity index (χ3n) is 5.39. The zero-order valence-electron chi connectivity index (χ0n) is 19.0. The van der Waals surface area contributed by atoms with Crippen LogP contribution in [-0.2, 0) is 17.9 Å². The molecule has 0 radical (unpaired) electrons. The Kier molecular flexibility index (Phi) is 7.35. The van der Waals surface area contributed by atoms with Gasteiger partial charge in [-0.3, -0.25) is 4.79 Å². The summed E-state index contributed by atoms with van der Waals surface area (Å²) < 4.78 is 1.82. The highest BCUT2D eigenvalue weighted by Gasteiger charge is 2.17. The number of urea groups is 1. The van der Waals surface area contributed by atoms with E-state index in [0.717, 1.165) is 28.1 Å². The van der Waals surface area contributed by atoms with Crippen LogP contribution in [0.4, 0.5) is 4.79 Å². The smallest absolute Gasteiger partial charge is 0.315 e. The maximum absolute atomic E-state index is 12.7. The van der Waals surface area contributed by atoms with Crippen molar-refractivity contribution < 1.29 is 9.59 Å². The predicted molar refractivity (Wildman–Crippen MR) is 132 cm³/mol. The number of para-hydroxylation sites is 1. The highest BCUT2D eigenvalue weighted by atomic mass is 16.2. The molecule has 3 aromatic carbocycles. The minimum atomic E-state index is -0.382. The number of hydrogen-bond acceptors (Lipinski definition) is 3. The van der Waals surface area contributed by atoms with Gasteiger partial charge in [0, 0.05) is 37.5 Å². The maximum atomic E-state index is 12.7. The van der Waals surface area contributed by atoms with Crippen LogP contribution >= 0.6 is 0 Å². The van der Waals surface area contributed by atoms with Crippen LogP contribution in [-0.4, -0.2) is 40.2 Å². The van der Waals surface area contributed by atoms with Gasteiger partial charge in [-0.15, -0.1) is 0 Å². The van der Waals surface area contributed by atoms with Gasteiger partial charge in [-0.05, 0) is 17.7 Å². The quantitative estimate of drug-likeness (QED) is 0.423. The average Bonchev–Trinajstić information content (AvgIpc) is 3.31. The SMILES string of the molecule is CN(Cc1cn(-c2ccccc2)nc1-c1ccccc1)C(=O)CNC(=O)NCc1ccccc1. The topological polar surface area (TPSA) is 79.3 Å². The van der Waals surface area contributed by atoms with Crippen LogP contribution in [0, 0.1) is 0 Å². The van der Waals surface area contributed by atoms with E-state index in [1.165, 1.54) is 0 Å². The zero-order chi connectivity index (χ0) is 23.8. The molecule has 0 bridgehead atoms. The van der Waals surface area contributed by atoms with E-state index in [9.17, 15) is 9.59 Å². The van der Waals surface area contributed by atoms with Crippen molar-refractivity contribution in [1.82, 2.24) is 25.3 Å². The van der Waals surface area contributed by atoms with E-state index in [1.807, 2.05) is 102 Å². The van der Waals surface area contributed by atoms with E-state index in [2.05, 4.69) is 10.6 Å². The monoisotopic (exact) mass is 453 g/mol. The van der Waals surface area contributed by atoms with Gasteiger partial charge < -0.3 is 15.5 Å². The molecule has 7 nitrogen and oxygen atoms in total. The Bertz CT molecular complexity index is 1220. The first-order valence-electron chi connectivity index (χ1n) is 11.1. The Balaban J connectivity index is 1.40. The van der Waals surface area contributed by atoms with Gasteiger partial charge >= 0.3 is 6.03 Å². The van der Waals surface area contributed by atoms with Crippen LogP contribution < -0.4 is 10.6 Å². The standard InChI is InChI=1S/C27H27N5O2/c1-31(25(33)18-29-27(34)28-17-21-11-5-2-6-12-21)19-23-20-32(24-15-9-4-10-16-24)30-26(23)22-13-7-3-8-14-22/h2-16,20H,17-19H2,1H3,(H2,28,29,34). The lowest BCUT2D eigenvalue weighted by Gasteiger charge is -2.17. The molecule has 0 aliphatic rings. The molecule has 0 saturated carbocycles. The van der Waals surface area contributed by atoms with Crippen molar-refractivity contribution in [2.75, 3.05) is 13.6 Å². The summed E-state index contributed by atoms with van der Waals surface area (Å²) in [6.07, 6.45) is 1.95. The molecule has 1 heterocycles. The Morgan fingerprint density at radius 3 is 2.15 bits per heavy atom. The zero-order valence-corrected chi connectivity index (χ0v) is 19.0. The molecule has 4 rings (SSSR count). The molecule has 0 aliphatic heterocycles. The number of aromatic nitrogens is 2. The van der Waals surface area contributed by atoms with Crippen LogP contribution in [0.15, 0.2) is 97.2 Å². The van der Waals surface area contributed by atoms with Crippen molar-refractivity contribution >= 4 is 11.9 Å². The summed E-state index contributed by atoms with van der Waals surface area (Å²) in [4.78, 5) is 26.4. The molecule has 3 amide bonds. The van der Waals surface area contributed by atoms with Crippen molar-refractivity contribution in [3.05, 3.63) is 108 Å². The van der Waals surface area contributed by atoms with Gasteiger partial charge in [-0.2, -0.15) is 5.10 Å². The molecule has 34 heavy (non-hydrogen) atoms. The van der Waals surface area contributed by atoms with Crippen molar-refractivity contribution in [3.8, 4) is 16.9 Å². The fourth-order valence-electron chi connectivity index (χ4n) is 3.55. The van der Waals surface area contributed by atoms with Gasteiger partial charge in [0.2, 0.25) is 5.91 Å². The predicted octanol–water partition coefficient (Wildman–Crippen LogP) is 4.00. The van der Waals surface area contributed by atoms with Crippen LogP contribution in [0.1, 0.15) is 11.1 Å². The summed E-state index contributed by atoms with van der Waals surface area (Å²) in [5.41, 5.74) is 4.64. The van der Waals surface area contributed by atoms with Crippen LogP contribution in [0.2, 0.25) is 0 Å². The Morgan fingerprint density at radius 2 is 1.47 bits per heavy atom. The third-order valence-corrected chi connectivity index (χ3v) is 5.39. The number of likely N-dealkylation sites (N-methyl/N-ethyl adjacent to an activating group) is 1. The summed E-state index contributed by atoms with van der Waals surface area (Å²) in [7, 11) is 1.72. The van der Waals surface area contributed by atoms with E-state index in [0.29, 0.717) is 13.1 Å². The molecule has 0 spiro atoms. The average molecular weight is 454 g/mol. The van der Waals surface area contributed by atoms with Crippen LogP contribution in [0.25, 0.3) is 16.9 Å². The van der Waals surface area contributed by atoms with E-state index < -0.39 is 0 Å². The number of carbonyl (C=O) groups is 2. The van der Waals surface area contributed by atoms with Crippen LogP contribution in [0.5, 0.6) is 0 Å². The molecular weight excluding hydrogens is 426 g/mol. The maximum Gasteiger partial charge on any atom is 0.315 e. The second-order valence-electron chi connectivity index (χ2n) is 7.92. The highest BCUT2D eigenvalue weighted by Crippen LogP contribution is 2.24. The summed E-state index contributed by atoms with van der Waals surface area (Å²) in [6.45, 7) is 0.670. The fraction of sp³-hybridized carbons (Fsp3) is 0.148. The molecule has 1 aromatic heterocycles. The van der Waals surface area contributed by atoms with Gasteiger partial charge in [0.25, 0.3) is 0 Å². The molecule has 0 saturated heterocycles. The summed E-state index contributed by atoms with van der Waals surface area (Å²) >= 11 is 0. The van der Waals surface area contributed by atoms with Gasteiger partial charge in [0.05, 0.1) is 17.9 Å². The Labute approximate surface area is 199 Å². The number of hydrogen-bond donors (Lipinski definition) is 2. The van der Waals surface area contributed by atoms with Crippen molar-refractivity contribution in [1.29, 1.82) is 0 Å². The number of nitrogens with one attached hydrogen (secondary N) is 2. The fourth-order valence-corrected chi connectivity index (χ4v) is 3.55. The number of nitrogens with zero attached hydrogens (tertiary/aromatic N) is 3. The van der Waals surface area contributed by atoms with Gasteiger partial charge in [-0.1, -0.05) is 78.9 Å². The summed E-state index contributed by atoms with van der Waals surface area (Å²) in [5, 5.41) is 10.2. The lowest BCUT2D eigenvalue weighted by molar-refractivity contribution is -0.129. The minimum absolute atomic E-state index is 0.0926. The molecule has 0 fully saturated rings. The van der Waals surface area contributed by atoms with Crippen LogP contribution in [0.3, 0.4) is 0 Å². The van der Waals surface area contributed by atoms with Crippen molar-refractivity contribution in [2.24, 2.45) is 0 Å². The molecule has 0 unspecified atom stereocenters. The van der Waals surface area contributed by atoms with E-state index >= 15 is 0 Å². The lowest BCUT2D eigenvalue weighted by Crippen LogP contribution is -2.42. The molecule has 2 N–H and O–H groups in total. The van der Waals surface area contributed by atoms with E-state index in [4.69, 9.17) is 5.10 Å². The van der Waals surface area contributed by atoms with Gasteiger partial charge in [0.1, 0.15) is 0 Å². The van der Waals surface area contributed by atoms with Crippen molar-refractivity contribution in [3.63, 3.8) is 0 Å². The number of carbonyl (C=O) groups excluding carboxylic acids is 2. The highest BCUT2D eigenvalue weighted by molar-refractivity contribution is 5.84. The Hall–Kier alpha value is -4.39.